The lowest BCUT2D eigenvalue weighted by molar-refractivity contribution is -0.122. The lowest BCUT2D eigenvalue weighted by Gasteiger charge is -2.27. The first-order valence-electron chi connectivity index (χ1n) is 8.34. The van der Waals surface area contributed by atoms with Crippen LogP contribution in [0.4, 0.5) is 5.69 Å². The lowest BCUT2D eigenvalue weighted by Crippen LogP contribution is -2.56. The highest BCUT2D eigenvalue weighted by atomic mass is 35.6. The van der Waals surface area contributed by atoms with Gasteiger partial charge in [-0.15, -0.1) is 0 Å². The van der Waals surface area contributed by atoms with E-state index in [2.05, 4.69) is 22.9 Å². The SMILES string of the molecule is CCCCCCC(=O)NC(NC(=S)Nc1ccc(OC)cc1)C(Cl)(Cl)Cl. The zero-order valence-electron chi connectivity index (χ0n) is 14.8. The second kappa shape index (κ2) is 11.7. The molecule has 0 saturated carbocycles. The van der Waals surface area contributed by atoms with E-state index in [1.165, 1.54) is 0 Å². The van der Waals surface area contributed by atoms with Gasteiger partial charge in [-0.1, -0.05) is 61.0 Å². The molecule has 0 fully saturated rings. The zero-order valence-corrected chi connectivity index (χ0v) is 17.9. The summed E-state index contributed by atoms with van der Waals surface area (Å²) in [6, 6.07) is 7.16. The predicted molar refractivity (Wildman–Crippen MR) is 113 cm³/mol. The van der Waals surface area contributed by atoms with Crippen molar-refractivity contribution in [1.29, 1.82) is 0 Å². The number of halogens is 3. The molecule has 0 aliphatic rings. The summed E-state index contributed by atoms with van der Waals surface area (Å²) in [6.45, 7) is 2.11. The summed E-state index contributed by atoms with van der Waals surface area (Å²) < 4.78 is 3.34. The summed E-state index contributed by atoms with van der Waals surface area (Å²) in [7, 11) is 1.59. The zero-order chi connectivity index (χ0) is 19.6. The van der Waals surface area contributed by atoms with Crippen molar-refractivity contribution in [3.63, 3.8) is 0 Å². The van der Waals surface area contributed by atoms with Crippen LogP contribution in [0, 0.1) is 0 Å². The van der Waals surface area contributed by atoms with Crippen LogP contribution in [0.3, 0.4) is 0 Å². The third-order valence-electron chi connectivity index (χ3n) is 3.51. The number of hydrogen-bond donors (Lipinski definition) is 3. The van der Waals surface area contributed by atoms with Crippen LogP contribution >= 0.6 is 47.0 Å². The van der Waals surface area contributed by atoms with E-state index in [0.717, 1.165) is 37.1 Å². The van der Waals surface area contributed by atoms with Gasteiger partial charge in [0.2, 0.25) is 9.70 Å². The average molecular weight is 441 g/mol. The largest absolute Gasteiger partial charge is 0.497 e. The lowest BCUT2D eigenvalue weighted by atomic mass is 10.1. The molecule has 146 valence electrons. The van der Waals surface area contributed by atoms with Gasteiger partial charge in [0, 0.05) is 12.1 Å². The molecule has 26 heavy (non-hydrogen) atoms. The second-order valence-corrected chi connectivity index (χ2v) is 8.46. The maximum atomic E-state index is 12.1. The number of anilines is 1. The van der Waals surface area contributed by atoms with Crippen molar-refractivity contribution >= 4 is 63.7 Å². The Labute approximate surface area is 175 Å². The van der Waals surface area contributed by atoms with Crippen molar-refractivity contribution < 1.29 is 9.53 Å². The third-order valence-corrected chi connectivity index (χ3v) is 4.39. The molecule has 1 aromatic rings. The molecule has 1 atom stereocenters. The molecule has 5 nitrogen and oxygen atoms in total. The van der Waals surface area contributed by atoms with Crippen LogP contribution < -0.4 is 20.7 Å². The number of unbranched alkanes of at least 4 members (excludes halogenated alkanes) is 3. The Morgan fingerprint density at radius 2 is 1.81 bits per heavy atom. The van der Waals surface area contributed by atoms with Crippen LogP contribution in [0.25, 0.3) is 0 Å². The maximum Gasteiger partial charge on any atom is 0.228 e. The summed E-state index contributed by atoms with van der Waals surface area (Å²) in [4.78, 5) is 12.1. The second-order valence-electron chi connectivity index (χ2n) is 5.68. The summed E-state index contributed by atoms with van der Waals surface area (Å²) >= 11 is 23.1. The van der Waals surface area contributed by atoms with Crippen molar-refractivity contribution in [3.8, 4) is 5.75 Å². The molecule has 0 aliphatic carbocycles. The van der Waals surface area contributed by atoms with Crippen LogP contribution in [-0.4, -0.2) is 28.1 Å². The maximum absolute atomic E-state index is 12.1. The van der Waals surface area contributed by atoms with Crippen molar-refractivity contribution in [2.24, 2.45) is 0 Å². The molecule has 3 N–H and O–H groups in total. The number of amides is 1. The number of alkyl halides is 3. The van der Waals surface area contributed by atoms with Gasteiger partial charge < -0.3 is 20.7 Å². The van der Waals surface area contributed by atoms with Gasteiger partial charge in [-0.25, -0.2) is 0 Å². The van der Waals surface area contributed by atoms with Crippen molar-refractivity contribution in [3.05, 3.63) is 24.3 Å². The molecule has 0 radical (unpaired) electrons. The third kappa shape index (κ3) is 9.12. The number of methoxy groups -OCH3 is 1. The van der Waals surface area contributed by atoms with Crippen LogP contribution in [0.2, 0.25) is 0 Å². The molecule has 0 spiro atoms. The Morgan fingerprint density at radius 1 is 1.15 bits per heavy atom. The number of nitrogens with one attached hydrogen (secondary N) is 3. The number of thiocarbonyl (C=S) groups is 1. The summed E-state index contributed by atoms with van der Waals surface area (Å²) in [5.74, 6) is 0.529. The van der Waals surface area contributed by atoms with E-state index >= 15 is 0 Å². The Bertz CT molecular complexity index is 580. The van der Waals surface area contributed by atoms with Crippen molar-refractivity contribution in [1.82, 2.24) is 10.6 Å². The first-order valence-corrected chi connectivity index (χ1v) is 9.88. The molecule has 1 aromatic carbocycles. The van der Waals surface area contributed by atoms with E-state index in [1.54, 1.807) is 31.4 Å². The molecule has 0 aliphatic heterocycles. The average Bonchev–Trinajstić information content (AvgIpc) is 2.58. The fourth-order valence-electron chi connectivity index (χ4n) is 2.12. The molecule has 0 bridgehead atoms. The molecular weight excluding hydrogens is 417 g/mol. The van der Waals surface area contributed by atoms with E-state index in [-0.39, 0.29) is 11.0 Å². The van der Waals surface area contributed by atoms with Crippen molar-refractivity contribution in [2.75, 3.05) is 12.4 Å². The number of benzene rings is 1. The number of rotatable bonds is 9. The predicted octanol–water partition coefficient (Wildman–Crippen LogP) is 4.76. The summed E-state index contributed by atoms with van der Waals surface area (Å²) in [5.41, 5.74) is 0.734. The van der Waals surface area contributed by atoms with Gasteiger partial charge in [-0.3, -0.25) is 4.79 Å². The van der Waals surface area contributed by atoms with Gasteiger partial charge in [-0.2, -0.15) is 0 Å². The quantitative estimate of drug-likeness (QED) is 0.223. The van der Waals surface area contributed by atoms with Crippen molar-refractivity contribution in [2.45, 2.75) is 49.0 Å². The van der Waals surface area contributed by atoms with E-state index < -0.39 is 9.96 Å². The fraction of sp³-hybridized carbons (Fsp3) is 0.529. The minimum atomic E-state index is -1.76. The molecule has 0 aromatic heterocycles. The Hall–Kier alpha value is -0.950. The smallest absolute Gasteiger partial charge is 0.228 e. The molecule has 1 unspecified atom stereocenters. The van der Waals surface area contributed by atoms with Gasteiger partial charge in [0.15, 0.2) is 5.11 Å². The molecular formula is C17H24Cl3N3O2S. The number of carbonyl (C=O) groups is 1. The Balaban J connectivity index is 2.57. The summed E-state index contributed by atoms with van der Waals surface area (Å²) in [5, 5.41) is 8.69. The van der Waals surface area contributed by atoms with Crippen LogP contribution in [0.1, 0.15) is 39.0 Å². The van der Waals surface area contributed by atoms with Crippen LogP contribution in [0.15, 0.2) is 24.3 Å². The highest BCUT2D eigenvalue weighted by molar-refractivity contribution is 7.80. The molecule has 1 rings (SSSR count). The van der Waals surface area contributed by atoms with Crippen LogP contribution in [0.5, 0.6) is 5.75 Å². The van der Waals surface area contributed by atoms with E-state index in [1.807, 2.05) is 0 Å². The topological polar surface area (TPSA) is 62.4 Å². The van der Waals surface area contributed by atoms with Gasteiger partial charge >= 0.3 is 0 Å². The summed E-state index contributed by atoms with van der Waals surface area (Å²) in [6.07, 6.45) is 3.40. The number of hydrogen-bond acceptors (Lipinski definition) is 3. The highest BCUT2D eigenvalue weighted by Gasteiger charge is 2.34. The minimum absolute atomic E-state index is 0.197. The van der Waals surface area contributed by atoms with Gasteiger partial charge in [-0.05, 0) is 42.9 Å². The van der Waals surface area contributed by atoms with Gasteiger partial charge in [0.25, 0.3) is 0 Å². The normalized spacial score (nSPS) is 12.2. The van der Waals surface area contributed by atoms with E-state index in [0.29, 0.717) is 6.42 Å². The Kier molecular flexibility index (Phi) is 10.4. The van der Waals surface area contributed by atoms with Gasteiger partial charge in [0.05, 0.1) is 7.11 Å². The van der Waals surface area contributed by atoms with E-state index in [4.69, 9.17) is 51.8 Å². The first kappa shape index (κ1) is 23.1. The fourth-order valence-corrected chi connectivity index (χ4v) is 2.68. The Morgan fingerprint density at radius 3 is 2.35 bits per heavy atom. The molecule has 1 amide bonds. The standard InChI is InChI=1S/C17H24Cl3N3O2S/c1-3-4-5-6-7-14(24)22-15(17(18,19)20)23-16(26)21-12-8-10-13(25-2)11-9-12/h8-11,15H,3-7H2,1-2H3,(H,22,24)(H2,21,23,26). The number of carbonyl (C=O) groups excluding carboxylic acids is 1. The molecule has 0 saturated heterocycles. The molecule has 0 heterocycles. The minimum Gasteiger partial charge on any atom is -0.497 e. The van der Waals surface area contributed by atoms with Crippen LogP contribution in [-0.2, 0) is 4.79 Å². The monoisotopic (exact) mass is 439 g/mol. The first-order chi connectivity index (χ1) is 12.3. The highest BCUT2D eigenvalue weighted by Crippen LogP contribution is 2.29. The number of ether oxygens (including phenoxy) is 1. The van der Waals surface area contributed by atoms with E-state index in [9.17, 15) is 4.79 Å². The van der Waals surface area contributed by atoms with Gasteiger partial charge in [0.1, 0.15) is 11.9 Å². The molecule has 9 heteroatoms.